The Balaban J connectivity index is 1.53. The lowest BCUT2D eigenvalue weighted by Gasteiger charge is -2.21. The minimum Gasteiger partial charge on any atom is -0.361 e. The average Bonchev–Trinajstić information content (AvgIpc) is 3.16. The van der Waals surface area contributed by atoms with Gasteiger partial charge in [-0.3, -0.25) is 0 Å². The predicted octanol–water partition coefficient (Wildman–Crippen LogP) is 5.23. The van der Waals surface area contributed by atoms with Gasteiger partial charge in [0, 0.05) is 33.3 Å². The molecule has 124 valence electrons. The number of hydrogen-bond acceptors (Lipinski definition) is 2. The number of H-pyrrole nitrogens is 1. The van der Waals surface area contributed by atoms with Crippen molar-refractivity contribution in [2.45, 2.75) is 67.6 Å². The second-order valence-electron chi connectivity index (χ2n) is 7.38. The topological polar surface area (TPSA) is 19.0 Å². The summed E-state index contributed by atoms with van der Waals surface area (Å²) in [5.41, 5.74) is 2.80. The molecule has 1 aliphatic carbocycles. The van der Waals surface area contributed by atoms with Gasteiger partial charge in [-0.15, -0.1) is 11.8 Å². The van der Waals surface area contributed by atoms with Crippen LogP contribution in [0.4, 0.5) is 0 Å². The first-order valence-corrected chi connectivity index (χ1v) is 10.1. The van der Waals surface area contributed by atoms with Crippen molar-refractivity contribution in [2.75, 3.05) is 13.6 Å². The zero-order valence-electron chi connectivity index (χ0n) is 14.2. The van der Waals surface area contributed by atoms with E-state index < -0.39 is 0 Å². The summed E-state index contributed by atoms with van der Waals surface area (Å²) in [6.07, 6.45) is 13.2. The van der Waals surface area contributed by atoms with Crippen LogP contribution in [0, 0.1) is 0 Å². The molecule has 1 saturated heterocycles. The molecule has 1 aromatic heterocycles. The highest BCUT2D eigenvalue weighted by Gasteiger charge is 2.22. The molecule has 2 aromatic rings. The van der Waals surface area contributed by atoms with E-state index in [0.29, 0.717) is 0 Å². The van der Waals surface area contributed by atoms with E-state index in [1.807, 2.05) is 0 Å². The quantitative estimate of drug-likeness (QED) is 0.829. The van der Waals surface area contributed by atoms with Crippen LogP contribution in [-0.2, 0) is 6.42 Å². The molecule has 3 heteroatoms. The standard InChI is InChI=1S/C20H28N2S/c1-22-11-5-6-16(22)12-15-14-21-20-10-9-18(13-19(15)20)23-17-7-3-2-4-8-17/h9-10,13-14,16-17,21H,2-8,11-12H2,1H3/t16-/m1/s1. The Labute approximate surface area is 144 Å². The number of likely N-dealkylation sites (N-methyl/N-ethyl adjacent to an activating group) is 1. The summed E-state index contributed by atoms with van der Waals surface area (Å²) in [7, 11) is 2.27. The van der Waals surface area contributed by atoms with E-state index in [1.165, 1.54) is 79.3 Å². The van der Waals surface area contributed by atoms with Gasteiger partial charge < -0.3 is 9.88 Å². The van der Waals surface area contributed by atoms with E-state index >= 15 is 0 Å². The number of likely N-dealkylation sites (tertiary alicyclic amines) is 1. The fraction of sp³-hybridized carbons (Fsp3) is 0.600. The second kappa shape index (κ2) is 6.90. The number of nitrogens with one attached hydrogen (secondary N) is 1. The van der Waals surface area contributed by atoms with Crippen molar-refractivity contribution in [1.82, 2.24) is 9.88 Å². The zero-order chi connectivity index (χ0) is 15.6. The largest absolute Gasteiger partial charge is 0.361 e. The lowest BCUT2D eigenvalue weighted by molar-refractivity contribution is 0.310. The number of aromatic amines is 1. The number of benzene rings is 1. The molecule has 2 heterocycles. The van der Waals surface area contributed by atoms with Gasteiger partial charge in [0.25, 0.3) is 0 Å². The van der Waals surface area contributed by atoms with E-state index in [-0.39, 0.29) is 0 Å². The van der Waals surface area contributed by atoms with Crippen molar-refractivity contribution in [1.29, 1.82) is 0 Å². The molecule has 23 heavy (non-hydrogen) atoms. The summed E-state index contributed by atoms with van der Waals surface area (Å²) in [6, 6.07) is 7.75. The lowest BCUT2D eigenvalue weighted by atomic mass is 10.0. The SMILES string of the molecule is CN1CCC[C@@H]1Cc1c[nH]c2ccc(SC3CCCCC3)cc12. The van der Waals surface area contributed by atoms with E-state index in [2.05, 4.69) is 53.1 Å². The summed E-state index contributed by atoms with van der Waals surface area (Å²) >= 11 is 2.11. The smallest absolute Gasteiger partial charge is 0.0457 e. The third kappa shape index (κ3) is 3.46. The third-order valence-electron chi connectivity index (χ3n) is 5.72. The molecule has 1 atom stereocenters. The zero-order valence-corrected chi connectivity index (χ0v) is 15.0. The number of rotatable bonds is 4. The molecule has 0 spiro atoms. The maximum absolute atomic E-state index is 3.48. The molecule has 2 fully saturated rings. The highest BCUT2D eigenvalue weighted by molar-refractivity contribution is 8.00. The van der Waals surface area contributed by atoms with Crippen molar-refractivity contribution in [3.8, 4) is 0 Å². The lowest BCUT2D eigenvalue weighted by Crippen LogP contribution is -2.26. The predicted molar refractivity (Wildman–Crippen MR) is 100 cm³/mol. The fourth-order valence-corrected chi connectivity index (χ4v) is 5.55. The highest BCUT2D eigenvalue weighted by atomic mass is 32.2. The van der Waals surface area contributed by atoms with Gasteiger partial charge in [-0.05, 0) is 69.5 Å². The molecule has 0 amide bonds. The van der Waals surface area contributed by atoms with Crippen LogP contribution in [0.1, 0.15) is 50.5 Å². The van der Waals surface area contributed by atoms with Gasteiger partial charge >= 0.3 is 0 Å². The van der Waals surface area contributed by atoms with Crippen molar-refractivity contribution >= 4 is 22.7 Å². The van der Waals surface area contributed by atoms with Crippen LogP contribution in [-0.4, -0.2) is 34.8 Å². The number of fused-ring (bicyclic) bond motifs is 1. The van der Waals surface area contributed by atoms with Crippen molar-refractivity contribution in [2.24, 2.45) is 0 Å². The van der Waals surface area contributed by atoms with Gasteiger partial charge in [0.2, 0.25) is 0 Å². The monoisotopic (exact) mass is 328 g/mol. The summed E-state index contributed by atoms with van der Waals surface area (Å²) in [6.45, 7) is 1.26. The Bertz CT molecular complexity index is 657. The van der Waals surface area contributed by atoms with E-state index in [1.54, 1.807) is 0 Å². The van der Waals surface area contributed by atoms with E-state index in [0.717, 1.165) is 11.3 Å². The number of hydrogen-bond donors (Lipinski definition) is 1. The Morgan fingerprint density at radius 2 is 2.00 bits per heavy atom. The maximum atomic E-state index is 3.48. The molecule has 4 rings (SSSR count). The molecule has 0 bridgehead atoms. The van der Waals surface area contributed by atoms with Crippen LogP contribution in [0.15, 0.2) is 29.3 Å². The average molecular weight is 329 g/mol. The van der Waals surface area contributed by atoms with Gasteiger partial charge in [-0.1, -0.05) is 19.3 Å². The molecular weight excluding hydrogens is 300 g/mol. The van der Waals surface area contributed by atoms with Crippen LogP contribution in [0.5, 0.6) is 0 Å². The Hall–Kier alpha value is -0.930. The minimum atomic E-state index is 0.726. The van der Waals surface area contributed by atoms with E-state index in [4.69, 9.17) is 0 Å². The van der Waals surface area contributed by atoms with Gasteiger partial charge in [0.05, 0.1) is 0 Å². The van der Waals surface area contributed by atoms with E-state index in [9.17, 15) is 0 Å². The van der Waals surface area contributed by atoms with Crippen LogP contribution in [0.25, 0.3) is 10.9 Å². The summed E-state index contributed by atoms with van der Waals surface area (Å²) in [5, 5.41) is 2.29. The molecular formula is C20H28N2S. The molecule has 0 radical (unpaired) electrons. The van der Waals surface area contributed by atoms with Gasteiger partial charge in [0.15, 0.2) is 0 Å². The van der Waals surface area contributed by atoms with Crippen molar-refractivity contribution in [3.05, 3.63) is 30.0 Å². The molecule has 2 aliphatic rings. The summed E-state index contributed by atoms with van der Waals surface area (Å²) in [4.78, 5) is 7.47. The number of nitrogens with zero attached hydrogens (tertiary/aromatic N) is 1. The Kier molecular flexibility index (Phi) is 4.68. The van der Waals surface area contributed by atoms with Crippen LogP contribution in [0.3, 0.4) is 0 Å². The summed E-state index contributed by atoms with van der Waals surface area (Å²) < 4.78 is 0. The van der Waals surface area contributed by atoms with Crippen LogP contribution >= 0.6 is 11.8 Å². The van der Waals surface area contributed by atoms with Gasteiger partial charge in [0.1, 0.15) is 0 Å². The first-order chi connectivity index (χ1) is 11.3. The minimum absolute atomic E-state index is 0.726. The maximum Gasteiger partial charge on any atom is 0.0457 e. The first kappa shape index (κ1) is 15.6. The Morgan fingerprint density at radius 1 is 1.13 bits per heavy atom. The first-order valence-electron chi connectivity index (χ1n) is 9.26. The second-order valence-corrected chi connectivity index (χ2v) is 8.75. The molecule has 1 aliphatic heterocycles. The summed E-state index contributed by atoms with van der Waals surface area (Å²) in [5.74, 6) is 0. The number of thioether (sulfide) groups is 1. The number of aromatic nitrogens is 1. The van der Waals surface area contributed by atoms with Gasteiger partial charge in [-0.2, -0.15) is 0 Å². The molecule has 0 unspecified atom stereocenters. The Morgan fingerprint density at radius 3 is 2.78 bits per heavy atom. The van der Waals surface area contributed by atoms with Crippen LogP contribution in [0.2, 0.25) is 0 Å². The fourth-order valence-electron chi connectivity index (χ4n) is 4.27. The van der Waals surface area contributed by atoms with Gasteiger partial charge in [-0.25, -0.2) is 0 Å². The third-order valence-corrected chi connectivity index (χ3v) is 7.05. The normalized spacial score (nSPS) is 23.8. The molecule has 1 N–H and O–H groups in total. The van der Waals surface area contributed by atoms with Crippen LogP contribution < -0.4 is 0 Å². The van der Waals surface area contributed by atoms with Crippen molar-refractivity contribution in [3.63, 3.8) is 0 Å². The molecule has 1 saturated carbocycles. The van der Waals surface area contributed by atoms with Crippen molar-refractivity contribution < 1.29 is 0 Å². The molecule has 1 aromatic carbocycles. The highest BCUT2D eigenvalue weighted by Crippen LogP contribution is 2.35. The molecule has 2 nitrogen and oxygen atoms in total.